The zero-order valence-electron chi connectivity index (χ0n) is 12.5. The van der Waals surface area contributed by atoms with E-state index in [1.807, 2.05) is 0 Å². The summed E-state index contributed by atoms with van der Waals surface area (Å²) in [6.07, 6.45) is 10.2. The van der Waals surface area contributed by atoms with Crippen LogP contribution in [0.2, 0.25) is 0 Å². The van der Waals surface area contributed by atoms with Gasteiger partial charge in [0.05, 0.1) is 13.2 Å². The zero-order chi connectivity index (χ0) is 14.3. The summed E-state index contributed by atoms with van der Waals surface area (Å²) in [5, 5.41) is 17.4. The summed E-state index contributed by atoms with van der Waals surface area (Å²) in [4.78, 5) is 0. The van der Waals surface area contributed by atoms with Gasteiger partial charge in [-0.05, 0) is 52.4 Å². The van der Waals surface area contributed by atoms with Gasteiger partial charge in [-0.1, -0.05) is 23.3 Å². The van der Waals surface area contributed by atoms with Gasteiger partial charge >= 0.3 is 0 Å². The number of aliphatic hydroxyl groups is 2. The summed E-state index contributed by atoms with van der Waals surface area (Å²) in [6.45, 7) is 6.10. The minimum atomic E-state index is 0.282. The minimum absolute atomic E-state index is 0.282. The molecule has 0 aromatic carbocycles. The summed E-state index contributed by atoms with van der Waals surface area (Å²) < 4.78 is 5.54. The molecule has 3 nitrogen and oxygen atoms in total. The Kier molecular flexibility index (Phi) is 13.3. The van der Waals surface area contributed by atoms with E-state index in [1.54, 1.807) is 0 Å². The molecular formula is C16H30O3. The first kappa shape index (κ1) is 18.4. The number of allylic oxidation sites excluding steroid dienone is 2. The molecule has 0 aromatic rings. The standard InChI is InChI=1S/C16H30O3/c1-15(7-3-5-11-17)9-13-19-14-10-16(2)8-4-6-12-18/h9-10,17-18H,3-8,11-14H2,1-2H3. The van der Waals surface area contributed by atoms with E-state index in [1.165, 1.54) is 11.1 Å². The highest BCUT2D eigenvalue weighted by atomic mass is 16.5. The van der Waals surface area contributed by atoms with Gasteiger partial charge in [-0.3, -0.25) is 0 Å². The first-order valence-electron chi connectivity index (χ1n) is 7.31. The molecular weight excluding hydrogens is 240 g/mol. The first-order chi connectivity index (χ1) is 9.20. The fraction of sp³-hybridized carbons (Fsp3) is 0.750. The lowest BCUT2D eigenvalue weighted by atomic mass is 10.1. The fourth-order valence-corrected chi connectivity index (χ4v) is 1.71. The third-order valence-electron chi connectivity index (χ3n) is 3.06. The van der Waals surface area contributed by atoms with Gasteiger partial charge in [-0.25, -0.2) is 0 Å². The number of hydrogen-bond acceptors (Lipinski definition) is 3. The van der Waals surface area contributed by atoms with E-state index in [4.69, 9.17) is 14.9 Å². The molecule has 112 valence electrons. The highest BCUT2D eigenvalue weighted by molar-refractivity contribution is 4.99. The molecule has 3 heteroatoms. The maximum absolute atomic E-state index is 8.69. The molecule has 19 heavy (non-hydrogen) atoms. The van der Waals surface area contributed by atoms with E-state index < -0.39 is 0 Å². The van der Waals surface area contributed by atoms with Crippen LogP contribution in [0.3, 0.4) is 0 Å². The Hall–Kier alpha value is -0.640. The number of rotatable bonds is 12. The average Bonchev–Trinajstić information content (AvgIpc) is 2.39. The van der Waals surface area contributed by atoms with E-state index in [0.29, 0.717) is 13.2 Å². The van der Waals surface area contributed by atoms with E-state index in [-0.39, 0.29) is 13.2 Å². The van der Waals surface area contributed by atoms with Crippen molar-refractivity contribution in [3.05, 3.63) is 23.3 Å². The molecule has 0 fully saturated rings. The quantitative estimate of drug-likeness (QED) is 0.423. The van der Waals surface area contributed by atoms with Crippen molar-refractivity contribution in [1.29, 1.82) is 0 Å². The van der Waals surface area contributed by atoms with Crippen LogP contribution in [0.15, 0.2) is 23.3 Å². The van der Waals surface area contributed by atoms with Crippen molar-refractivity contribution in [2.75, 3.05) is 26.4 Å². The van der Waals surface area contributed by atoms with Crippen LogP contribution in [-0.4, -0.2) is 36.6 Å². The minimum Gasteiger partial charge on any atom is -0.396 e. The van der Waals surface area contributed by atoms with Gasteiger partial charge in [0.25, 0.3) is 0 Å². The van der Waals surface area contributed by atoms with Gasteiger partial charge in [-0.15, -0.1) is 0 Å². The van der Waals surface area contributed by atoms with Gasteiger partial charge in [0.1, 0.15) is 0 Å². The number of ether oxygens (including phenoxy) is 1. The average molecular weight is 270 g/mol. The van der Waals surface area contributed by atoms with Gasteiger partial charge in [0.15, 0.2) is 0 Å². The van der Waals surface area contributed by atoms with Crippen molar-refractivity contribution in [3.8, 4) is 0 Å². The molecule has 0 rings (SSSR count). The number of aliphatic hydroxyl groups excluding tert-OH is 2. The smallest absolute Gasteiger partial charge is 0.0654 e. The van der Waals surface area contributed by atoms with Crippen LogP contribution in [0.25, 0.3) is 0 Å². The summed E-state index contributed by atoms with van der Waals surface area (Å²) in [6, 6.07) is 0. The molecule has 0 saturated heterocycles. The molecule has 0 aliphatic heterocycles. The second kappa shape index (κ2) is 13.8. The lowest BCUT2D eigenvalue weighted by Gasteiger charge is -2.03. The van der Waals surface area contributed by atoms with Crippen molar-refractivity contribution < 1.29 is 14.9 Å². The SMILES string of the molecule is CC(=CCOCC=C(C)CCCCO)CCCCO. The molecule has 2 N–H and O–H groups in total. The monoisotopic (exact) mass is 270 g/mol. The molecule has 0 unspecified atom stereocenters. The van der Waals surface area contributed by atoms with Gasteiger partial charge in [-0.2, -0.15) is 0 Å². The van der Waals surface area contributed by atoms with Gasteiger partial charge < -0.3 is 14.9 Å². The molecule has 0 amide bonds. The van der Waals surface area contributed by atoms with Crippen LogP contribution in [-0.2, 0) is 4.74 Å². The Morgan fingerprint density at radius 3 is 1.58 bits per heavy atom. The van der Waals surface area contributed by atoms with E-state index >= 15 is 0 Å². The second-order valence-electron chi connectivity index (χ2n) is 5.00. The van der Waals surface area contributed by atoms with Crippen molar-refractivity contribution in [3.63, 3.8) is 0 Å². The molecule has 0 spiro atoms. The molecule has 0 saturated carbocycles. The van der Waals surface area contributed by atoms with Crippen LogP contribution in [0.1, 0.15) is 52.4 Å². The van der Waals surface area contributed by atoms with E-state index in [9.17, 15) is 0 Å². The summed E-state index contributed by atoms with van der Waals surface area (Å²) in [7, 11) is 0. The summed E-state index contributed by atoms with van der Waals surface area (Å²) in [5.41, 5.74) is 2.66. The fourth-order valence-electron chi connectivity index (χ4n) is 1.71. The molecule has 0 aliphatic carbocycles. The molecule has 0 atom stereocenters. The largest absolute Gasteiger partial charge is 0.396 e. The van der Waals surface area contributed by atoms with Gasteiger partial charge in [0, 0.05) is 13.2 Å². The first-order valence-corrected chi connectivity index (χ1v) is 7.31. The maximum Gasteiger partial charge on any atom is 0.0654 e. The van der Waals surface area contributed by atoms with Crippen LogP contribution >= 0.6 is 0 Å². The van der Waals surface area contributed by atoms with Gasteiger partial charge in [0.2, 0.25) is 0 Å². The Bertz CT molecular complexity index is 231. The third kappa shape index (κ3) is 13.6. The summed E-state index contributed by atoms with van der Waals surface area (Å²) >= 11 is 0. The van der Waals surface area contributed by atoms with Crippen molar-refractivity contribution in [2.45, 2.75) is 52.4 Å². The topological polar surface area (TPSA) is 49.7 Å². The Balaban J connectivity index is 3.56. The van der Waals surface area contributed by atoms with Crippen LogP contribution in [0.4, 0.5) is 0 Å². The van der Waals surface area contributed by atoms with Crippen LogP contribution in [0.5, 0.6) is 0 Å². The van der Waals surface area contributed by atoms with Crippen molar-refractivity contribution >= 4 is 0 Å². The molecule has 0 bridgehead atoms. The lowest BCUT2D eigenvalue weighted by Crippen LogP contribution is -1.94. The highest BCUT2D eigenvalue weighted by Gasteiger charge is 1.92. The Morgan fingerprint density at radius 2 is 1.21 bits per heavy atom. The Labute approximate surface area is 118 Å². The third-order valence-corrected chi connectivity index (χ3v) is 3.06. The molecule has 0 aliphatic rings. The lowest BCUT2D eigenvalue weighted by molar-refractivity contribution is 0.192. The predicted octanol–water partition coefficient (Wildman–Crippen LogP) is 3.22. The zero-order valence-corrected chi connectivity index (χ0v) is 12.5. The summed E-state index contributed by atoms with van der Waals surface area (Å²) in [5.74, 6) is 0. The molecule has 0 heterocycles. The number of hydrogen-bond donors (Lipinski definition) is 2. The normalized spacial score (nSPS) is 13.1. The highest BCUT2D eigenvalue weighted by Crippen LogP contribution is 2.07. The molecule has 0 aromatic heterocycles. The van der Waals surface area contributed by atoms with E-state index in [2.05, 4.69) is 26.0 Å². The van der Waals surface area contributed by atoms with Crippen LogP contribution in [0, 0.1) is 0 Å². The number of unbranched alkanes of at least 4 members (excludes halogenated alkanes) is 2. The van der Waals surface area contributed by atoms with Crippen LogP contribution < -0.4 is 0 Å². The van der Waals surface area contributed by atoms with Crippen molar-refractivity contribution in [2.24, 2.45) is 0 Å². The van der Waals surface area contributed by atoms with Crippen molar-refractivity contribution in [1.82, 2.24) is 0 Å². The maximum atomic E-state index is 8.69. The molecule has 0 radical (unpaired) electrons. The Morgan fingerprint density at radius 1 is 0.789 bits per heavy atom. The second-order valence-corrected chi connectivity index (χ2v) is 5.00. The van der Waals surface area contributed by atoms with E-state index in [0.717, 1.165) is 38.5 Å². The predicted molar refractivity (Wildman–Crippen MR) is 80.2 cm³/mol.